The highest BCUT2D eigenvalue weighted by molar-refractivity contribution is 7.98. The standard InChI is InChI=1S/C11H9Cl2N3O2S/c12-8-2-1-7(4-9(8)13)19-5-6-3-10(16-18-6)11(17)15-14/h1-4H,5,14H2,(H,15,17). The number of hydrazine groups is 1. The van der Waals surface area contributed by atoms with Gasteiger partial charge in [-0.1, -0.05) is 28.4 Å². The number of carbonyl (C=O) groups is 1. The minimum Gasteiger partial charge on any atom is -0.360 e. The number of hydrogen-bond acceptors (Lipinski definition) is 5. The molecule has 1 amide bonds. The van der Waals surface area contributed by atoms with Gasteiger partial charge in [-0.2, -0.15) is 0 Å². The number of benzene rings is 1. The quantitative estimate of drug-likeness (QED) is 0.392. The number of nitrogen functional groups attached to an aromatic ring is 1. The third-order valence-electron chi connectivity index (χ3n) is 2.19. The van der Waals surface area contributed by atoms with Gasteiger partial charge in [-0.3, -0.25) is 10.2 Å². The zero-order chi connectivity index (χ0) is 13.8. The lowest BCUT2D eigenvalue weighted by atomic mass is 10.4. The number of amides is 1. The van der Waals surface area contributed by atoms with Crippen molar-refractivity contribution < 1.29 is 9.32 Å². The van der Waals surface area contributed by atoms with Crippen molar-refractivity contribution in [2.24, 2.45) is 5.84 Å². The maximum Gasteiger partial charge on any atom is 0.287 e. The van der Waals surface area contributed by atoms with Crippen LogP contribution in [0.5, 0.6) is 0 Å². The van der Waals surface area contributed by atoms with Crippen molar-refractivity contribution in [3.05, 3.63) is 45.8 Å². The van der Waals surface area contributed by atoms with Gasteiger partial charge in [-0.15, -0.1) is 11.8 Å². The topological polar surface area (TPSA) is 81.1 Å². The van der Waals surface area contributed by atoms with Gasteiger partial charge in [0.05, 0.1) is 15.8 Å². The second kappa shape index (κ2) is 6.29. The Morgan fingerprint density at radius 3 is 2.84 bits per heavy atom. The fourth-order valence-electron chi connectivity index (χ4n) is 1.28. The van der Waals surface area contributed by atoms with E-state index in [4.69, 9.17) is 33.6 Å². The molecule has 0 unspecified atom stereocenters. The molecule has 0 spiro atoms. The summed E-state index contributed by atoms with van der Waals surface area (Å²) in [7, 11) is 0. The van der Waals surface area contributed by atoms with E-state index in [0.717, 1.165) is 4.90 Å². The molecule has 1 aromatic heterocycles. The summed E-state index contributed by atoms with van der Waals surface area (Å²) in [6.45, 7) is 0. The third kappa shape index (κ3) is 3.63. The molecule has 2 rings (SSSR count). The Morgan fingerprint density at radius 2 is 2.16 bits per heavy atom. The maximum atomic E-state index is 11.2. The second-order valence-electron chi connectivity index (χ2n) is 3.52. The first-order valence-electron chi connectivity index (χ1n) is 5.14. The predicted octanol–water partition coefficient (Wildman–Crippen LogP) is 2.88. The van der Waals surface area contributed by atoms with Gasteiger partial charge in [0.15, 0.2) is 5.69 Å². The maximum absolute atomic E-state index is 11.2. The van der Waals surface area contributed by atoms with Gasteiger partial charge in [0, 0.05) is 11.0 Å². The summed E-state index contributed by atoms with van der Waals surface area (Å²) in [5.41, 5.74) is 2.13. The van der Waals surface area contributed by atoms with Crippen molar-refractivity contribution >= 4 is 40.9 Å². The summed E-state index contributed by atoms with van der Waals surface area (Å²) in [6, 6.07) is 6.87. The lowest BCUT2D eigenvalue weighted by Crippen LogP contribution is -2.30. The third-order valence-corrected chi connectivity index (χ3v) is 3.95. The van der Waals surface area contributed by atoms with Gasteiger partial charge in [-0.05, 0) is 18.2 Å². The number of thioether (sulfide) groups is 1. The average Bonchev–Trinajstić information content (AvgIpc) is 2.88. The number of halogens is 2. The van der Waals surface area contributed by atoms with Gasteiger partial charge in [0.2, 0.25) is 0 Å². The average molecular weight is 318 g/mol. The smallest absolute Gasteiger partial charge is 0.287 e. The highest BCUT2D eigenvalue weighted by Crippen LogP contribution is 2.29. The number of rotatable bonds is 4. The van der Waals surface area contributed by atoms with Gasteiger partial charge >= 0.3 is 0 Å². The molecule has 2 aromatic rings. The molecule has 0 bridgehead atoms. The van der Waals surface area contributed by atoms with E-state index in [9.17, 15) is 4.79 Å². The van der Waals surface area contributed by atoms with E-state index in [-0.39, 0.29) is 5.69 Å². The van der Waals surface area contributed by atoms with Crippen molar-refractivity contribution in [1.29, 1.82) is 0 Å². The molecule has 0 fully saturated rings. The predicted molar refractivity (Wildman–Crippen MR) is 74.2 cm³/mol. The minimum atomic E-state index is -0.491. The lowest BCUT2D eigenvalue weighted by molar-refractivity contribution is 0.0944. The van der Waals surface area contributed by atoms with E-state index in [1.807, 2.05) is 11.5 Å². The highest BCUT2D eigenvalue weighted by atomic mass is 35.5. The van der Waals surface area contributed by atoms with E-state index < -0.39 is 5.91 Å². The van der Waals surface area contributed by atoms with Crippen LogP contribution < -0.4 is 11.3 Å². The Morgan fingerprint density at radius 1 is 1.37 bits per heavy atom. The van der Waals surface area contributed by atoms with E-state index >= 15 is 0 Å². The minimum absolute atomic E-state index is 0.146. The monoisotopic (exact) mass is 317 g/mol. The molecule has 100 valence electrons. The van der Waals surface area contributed by atoms with E-state index in [2.05, 4.69) is 5.16 Å². The number of hydrogen-bond donors (Lipinski definition) is 2. The molecule has 1 aromatic carbocycles. The molecule has 0 aliphatic heterocycles. The molecule has 0 saturated heterocycles. The van der Waals surface area contributed by atoms with Crippen molar-refractivity contribution in [3.8, 4) is 0 Å². The Labute approximate surface area is 123 Å². The van der Waals surface area contributed by atoms with Crippen molar-refractivity contribution in [2.45, 2.75) is 10.6 Å². The summed E-state index contributed by atoms with van der Waals surface area (Å²) < 4.78 is 5.02. The highest BCUT2D eigenvalue weighted by Gasteiger charge is 2.11. The van der Waals surface area contributed by atoms with E-state index in [0.29, 0.717) is 21.6 Å². The number of nitrogens with one attached hydrogen (secondary N) is 1. The number of aromatic nitrogens is 1. The number of carbonyl (C=O) groups excluding carboxylic acids is 1. The Hall–Kier alpha value is -1.21. The molecule has 3 N–H and O–H groups in total. The fourth-order valence-corrected chi connectivity index (χ4v) is 2.46. The van der Waals surface area contributed by atoms with Gasteiger partial charge in [-0.25, -0.2) is 5.84 Å². The first kappa shape index (κ1) is 14.2. The van der Waals surface area contributed by atoms with Crippen LogP contribution in [-0.4, -0.2) is 11.1 Å². The molecule has 0 aliphatic carbocycles. The summed E-state index contributed by atoms with van der Waals surface area (Å²) in [4.78, 5) is 12.1. The molecule has 0 radical (unpaired) electrons. The van der Waals surface area contributed by atoms with Gasteiger partial charge < -0.3 is 4.52 Å². The van der Waals surface area contributed by atoms with E-state index in [1.54, 1.807) is 12.1 Å². The van der Waals surface area contributed by atoms with Crippen molar-refractivity contribution in [1.82, 2.24) is 10.6 Å². The van der Waals surface area contributed by atoms with Gasteiger partial charge in [0.1, 0.15) is 5.76 Å². The first-order chi connectivity index (χ1) is 9.10. The molecule has 8 heteroatoms. The van der Waals surface area contributed by atoms with Crippen LogP contribution in [0, 0.1) is 0 Å². The molecule has 1 heterocycles. The van der Waals surface area contributed by atoms with Crippen LogP contribution in [0.25, 0.3) is 0 Å². The Kier molecular flexibility index (Phi) is 4.71. The molecular formula is C11H9Cl2N3O2S. The number of nitrogens with zero attached hydrogens (tertiary/aromatic N) is 1. The molecule has 0 atom stereocenters. The number of nitrogens with two attached hydrogens (primary N) is 1. The van der Waals surface area contributed by atoms with Crippen LogP contribution in [0.15, 0.2) is 33.7 Å². The van der Waals surface area contributed by atoms with Crippen LogP contribution >= 0.6 is 35.0 Å². The molecule has 19 heavy (non-hydrogen) atoms. The summed E-state index contributed by atoms with van der Waals surface area (Å²) in [5, 5.41) is 4.60. The van der Waals surface area contributed by atoms with Crippen LogP contribution in [0.4, 0.5) is 0 Å². The fraction of sp³-hybridized carbons (Fsp3) is 0.0909. The zero-order valence-electron chi connectivity index (χ0n) is 9.52. The van der Waals surface area contributed by atoms with Gasteiger partial charge in [0.25, 0.3) is 5.91 Å². The lowest BCUT2D eigenvalue weighted by Gasteiger charge is -2.00. The van der Waals surface area contributed by atoms with Crippen LogP contribution in [0.2, 0.25) is 10.0 Å². The van der Waals surface area contributed by atoms with Crippen LogP contribution in [0.1, 0.15) is 16.2 Å². The zero-order valence-corrected chi connectivity index (χ0v) is 11.9. The summed E-state index contributed by atoms with van der Waals surface area (Å²) in [6.07, 6.45) is 0. The summed E-state index contributed by atoms with van der Waals surface area (Å²) in [5.74, 6) is 5.59. The summed E-state index contributed by atoms with van der Waals surface area (Å²) >= 11 is 13.2. The Bertz CT molecular complexity index is 603. The molecular weight excluding hydrogens is 309 g/mol. The largest absolute Gasteiger partial charge is 0.360 e. The van der Waals surface area contributed by atoms with Crippen LogP contribution in [0.3, 0.4) is 0 Å². The van der Waals surface area contributed by atoms with E-state index in [1.165, 1.54) is 17.8 Å². The molecule has 0 aliphatic rings. The Balaban J connectivity index is 2.00. The van der Waals surface area contributed by atoms with Crippen LogP contribution in [-0.2, 0) is 5.75 Å². The molecule has 0 saturated carbocycles. The van der Waals surface area contributed by atoms with Crippen molar-refractivity contribution in [3.63, 3.8) is 0 Å². The SMILES string of the molecule is NNC(=O)c1cc(CSc2ccc(Cl)c(Cl)c2)on1. The normalized spacial score (nSPS) is 10.5. The van der Waals surface area contributed by atoms with Crippen molar-refractivity contribution in [2.75, 3.05) is 0 Å². The first-order valence-corrected chi connectivity index (χ1v) is 6.88. The second-order valence-corrected chi connectivity index (χ2v) is 5.38. The molecule has 5 nitrogen and oxygen atoms in total.